The Morgan fingerprint density at radius 2 is 2.00 bits per heavy atom. The number of ether oxygens (including phenoxy) is 1. The zero-order valence-electron chi connectivity index (χ0n) is 12.2. The lowest BCUT2D eigenvalue weighted by molar-refractivity contribution is -0.164. The molecule has 6 heteroatoms. The van der Waals surface area contributed by atoms with E-state index in [-0.39, 0.29) is 12.5 Å². The van der Waals surface area contributed by atoms with Crippen LogP contribution in [0.25, 0.3) is 0 Å². The summed E-state index contributed by atoms with van der Waals surface area (Å²) in [5.74, 6) is -0.240. The lowest BCUT2D eigenvalue weighted by atomic mass is 10.1. The second kappa shape index (κ2) is 6.06. The third-order valence-corrected chi connectivity index (χ3v) is 2.64. The van der Waals surface area contributed by atoms with Gasteiger partial charge in [0.25, 0.3) is 5.91 Å². The van der Waals surface area contributed by atoms with Crippen LogP contribution in [-0.2, 0) is 14.4 Å². The second-order valence-electron chi connectivity index (χ2n) is 5.41. The zero-order chi connectivity index (χ0) is 14.6. The molecule has 1 heterocycles. The van der Waals surface area contributed by atoms with Crippen molar-refractivity contribution in [1.29, 1.82) is 0 Å². The molecule has 1 aliphatic heterocycles. The monoisotopic (exact) mass is 270 g/mol. The molecule has 0 aromatic carbocycles. The standard InChI is InChI=1S/C13H22N2O4/c1-13(2,3)19-12(17)15-8-6-7-10(9-15)11(16)14(4)18-5/h7H,6,8-9H2,1-5H3. The van der Waals surface area contributed by atoms with Crippen LogP contribution >= 0.6 is 0 Å². The summed E-state index contributed by atoms with van der Waals surface area (Å²) in [7, 11) is 2.96. The Hall–Kier alpha value is -1.56. The summed E-state index contributed by atoms with van der Waals surface area (Å²) in [6.07, 6.45) is 2.07. The van der Waals surface area contributed by atoms with Crippen molar-refractivity contribution in [3.63, 3.8) is 0 Å². The van der Waals surface area contributed by atoms with Gasteiger partial charge < -0.3 is 9.64 Å². The molecule has 19 heavy (non-hydrogen) atoms. The Balaban J connectivity index is 2.66. The Labute approximate surface area is 113 Å². The molecule has 6 nitrogen and oxygen atoms in total. The number of rotatable bonds is 2. The minimum atomic E-state index is -0.536. The molecule has 0 N–H and O–H groups in total. The Kier molecular flexibility index (Phi) is 4.94. The molecule has 1 rings (SSSR count). The van der Waals surface area contributed by atoms with E-state index in [1.54, 1.807) is 0 Å². The Morgan fingerprint density at radius 3 is 2.53 bits per heavy atom. The van der Waals surface area contributed by atoms with Gasteiger partial charge in [0.1, 0.15) is 5.60 Å². The predicted octanol–water partition coefficient (Wildman–Crippen LogP) is 1.57. The highest BCUT2D eigenvalue weighted by atomic mass is 16.7. The number of amides is 2. The molecule has 0 aromatic heterocycles. The van der Waals surface area contributed by atoms with Crippen molar-refractivity contribution < 1.29 is 19.2 Å². The minimum absolute atomic E-state index is 0.240. The molecule has 0 fully saturated rings. The smallest absolute Gasteiger partial charge is 0.410 e. The fraction of sp³-hybridized carbons (Fsp3) is 0.692. The fourth-order valence-corrected chi connectivity index (χ4v) is 1.67. The molecule has 0 radical (unpaired) electrons. The van der Waals surface area contributed by atoms with Gasteiger partial charge >= 0.3 is 6.09 Å². The van der Waals surface area contributed by atoms with E-state index in [0.717, 1.165) is 5.06 Å². The Bertz CT molecular complexity index is 385. The summed E-state index contributed by atoms with van der Waals surface area (Å²) in [6, 6.07) is 0. The van der Waals surface area contributed by atoms with E-state index < -0.39 is 11.7 Å². The third-order valence-electron chi connectivity index (χ3n) is 2.64. The van der Waals surface area contributed by atoms with E-state index >= 15 is 0 Å². The molecule has 108 valence electrons. The van der Waals surface area contributed by atoms with Gasteiger partial charge in [0.15, 0.2) is 0 Å². The fourth-order valence-electron chi connectivity index (χ4n) is 1.67. The van der Waals surface area contributed by atoms with Crippen molar-refractivity contribution in [1.82, 2.24) is 9.96 Å². The molecular weight excluding hydrogens is 248 g/mol. The average Bonchev–Trinajstić information content (AvgIpc) is 2.35. The SMILES string of the molecule is CON(C)C(=O)C1=CCCN(C(=O)OC(C)(C)C)C1. The lowest BCUT2D eigenvalue weighted by Gasteiger charge is -2.30. The minimum Gasteiger partial charge on any atom is -0.444 e. The normalized spacial score (nSPS) is 15.8. The molecule has 0 spiro atoms. The van der Waals surface area contributed by atoms with Crippen molar-refractivity contribution >= 4 is 12.0 Å². The maximum atomic E-state index is 11.9. The molecule has 0 aliphatic carbocycles. The summed E-state index contributed by atoms with van der Waals surface area (Å²) in [5.41, 5.74) is 0.00704. The molecule has 1 aliphatic rings. The van der Waals surface area contributed by atoms with Gasteiger partial charge in [-0.2, -0.15) is 0 Å². The van der Waals surface area contributed by atoms with Crippen LogP contribution in [0, 0.1) is 0 Å². The van der Waals surface area contributed by atoms with Gasteiger partial charge in [-0.1, -0.05) is 6.08 Å². The number of hydrogen-bond donors (Lipinski definition) is 0. The summed E-state index contributed by atoms with van der Waals surface area (Å²) >= 11 is 0. The molecule has 0 saturated carbocycles. The summed E-state index contributed by atoms with van der Waals surface area (Å²) < 4.78 is 5.30. The first kappa shape index (κ1) is 15.5. The van der Waals surface area contributed by atoms with Crippen LogP contribution in [0.4, 0.5) is 4.79 Å². The van der Waals surface area contributed by atoms with E-state index in [4.69, 9.17) is 9.57 Å². The topological polar surface area (TPSA) is 59.1 Å². The van der Waals surface area contributed by atoms with Crippen LogP contribution < -0.4 is 0 Å². The van der Waals surface area contributed by atoms with Crippen LogP contribution in [0.5, 0.6) is 0 Å². The van der Waals surface area contributed by atoms with Crippen molar-refractivity contribution in [2.45, 2.75) is 32.8 Å². The highest BCUT2D eigenvalue weighted by Gasteiger charge is 2.27. The van der Waals surface area contributed by atoms with E-state index in [2.05, 4.69) is 0 Å². The molecular formula is C13H22N2O4. The van der Waals surface area contributed by atoms with Crippen LogP contribution in [0.15, 0.2) is 11.6 Å². The highest BCUT2D eigenvalue weighted by Crippen LogP contribution is 2.16. The summed E-state index contributed by atoms with van der Waals surface area (Å²) in [6.45, 7) is 6.25. The van der Waals surface area contributed by atoms with E-state index in [1.165, 1.54) is 19.1 Å². The van der Waals surface area contributed by atoms with Crippen LogP contribution in [0.1, 0.15) is 27.2 Å². The largest absolute Gasteiger partial charge is 0.444 e. The van der Waals surface area contributed by atoms with Gasteiger partial charge in [0, 0.05) is 19.2 Å². The molecule has 2 amide bonds. The molecule has 0 bridgehead atoms. The van der Waals surface area contributed by atoms with Crippen molar-refractivity contribution in [3.05, 3.63) is 11.6 Å². The quantitative estimate of drug-likeness (QED) is 0.715. The second-order valence-corrected chi connectivity index (χ2v) is 5.41. The molecule has 0 saturated heterocycles. The summed E-state index contributed by atoms with van der Waals surface area (Å²) in [4.78, 5) is 30.3. The average molecular weight is 270 g/mol. The highest BCUT2D eigenvalue weighted by molar-refractivity contribution is 5.93. The number of likely N-dealkylation sites (N-methyl/N-ethyl adjacent to an activating group) is 1. The van der Waals surface area contributed by atoms with Crippen LogP contribution in [0.2, 0.25) is 0 Å². The van der Waals surface area contributed by atoms with Gasteiger partial charge in [0.05, 0.1) is 13.7 Å². The maximum Gasteiger partial charge on any atom is 0.410 e. The molecule has 0 aromatic rings. The van der Waals surface area contributed by atoms with Gasteiger partial charge in [-0.05, 0) is 27.2 Å². The number of hydrogen-bond acceptors (Lipinski definition) is 4. The van der Waals surface area contributed by atoms with E-state index in [9.17, 15) is 9.59 Å². The van der Waals surface area contributed by atoms with E-state index in [1.807, 2.05) is 26.8 Å². The van der Waals surface area contributed by atoms with Crippen molar-refractivity contribution in [2.75, 3.05) is 27.2 Å². The third kappa shape index (κ3) is 4.55. The summed E-state index contributed by atoms with van der Waals surface area (Å²) in [5, 5.41) is 1.14. The zero-order valence-corrected chi connectivity index (χ0v) is 12.2. The van der Waals surface area contributed by atoms with Gasteiger partial charge in [-0.25, -0.2) is 9.86 Å². The van der Waals surface area contributed by atoms with Gasteiger partial charge in [-0.3, -0.25) is 9.63 Å². The van der Waals surface area contributed by atoms with E-state index in [0.29, 0.717) is 18.5 Å². The predicted molar refractivity (Wildman–Crippen MR) is 70.3 cm³/mol. The molecule has 0 atom stereocenters. The first-order valence-electron chi connectivity index (χ1n) is 6.23. The van der Waals surface area contributed by atoms with Gasteiger partial charge in [0.2, 0.25) is 0 Å². The Morgan fingerprint density at radius 1 is 1.37 bits per heavy atom. The van der Waals surface area contributed by atoms with Crippen LogP contribution in [0.3, 0.4) is 0 Å². The number of carbonyl (C=O) groups excluding carboxylic acids is 2. The first-order chi connectivity index (χ1) is 8.74. The molecule has 0 unspecified atom stereocenters. The van der Waals surface area contributed by atoms with Crippen LogP contribution in [-0.4, -0.2) is 54.8 Å². The first-order valence-corrected chi connectivity index (χ1v) is 6.23. The van der Waals surface area contributed by atoms with Crippen molar-refractivity contribution in [3.8, 4) is 0 Å². The number of nitrogens with zero attached hydrogens (tertiary/aromatic N) is 2. The lowest BCUT2D eigenvalue weighted by Crippen LogP contribution is -2.42. The maximum absolute atomic E-state index is 11.9. The number of hydroxylamine groups is 2. The number of carbonyl (C=O) groups is 2. The van der Waals surface area contributed by atoms with Crippen molar-refractivity contribution in [2.24, 2.45) is 0 Å². The van der Waals surface area contributed by atoms with Gasteiger partial charge in [-0.15, -0.1) is 0 Å².